The topological polar surface area (TPSA) is 90.6 Å². The van der Waals surface area contributed by atoms with Crippen molar-refractivity contribution >= 4 is 50.4 Å². The van der Waals surface area contributed by atoms with Crippen LogP contribution in [0.25, 0.3) is 33.3 Å². The molecule has 0 aliphatic heterocycles. The van der Waals surface area contributed by atoms with Crippen molar-refractivity contribution in [1.29, 1.82) is 0 Å². The highest BCUT2D eigenvalue weighted by atomic mass is 14.9. The quantitative estimate of drug-likeness (QED) is 0.209. The van der Waals surface area contributed by atoms with Gasteiger partial charge in [-0.15, -0.1) is 0 Å². The molecule has 3 aromatic carbocycles. The lowest BCUT2D eigenvalue weighted by Crippen LogP contribution is -1.94. The van der Waals surface area contributed by atoms with Gasteiger partial charge < -0.3 is 20.9 Å². The first-order valence-corrected chi connectivity index (χ1v) is 11.8. The molecule has 0 aliphatic carbocycles. The van der Waals surface area contributed by atoms with Crippen LogP contribution in [0.4, 0.5) is 28.4 Å². The lowest BCUT2D eigenvalue weighted by atomic mass is 10.1. The molecule has 0 amide bonds. The third kappa shape index (κ3) is 4.30. The van der Waals surface area contributed by atoms with Gasteiger partial charge in [-0.05, 0) is 85.8 Å². The standard InChI is InChI=1S/C29H25N7/c1-18-15-23(11-13-31-18)33-22-8-10-27-28(17-22)36-29(35-27)19-3-5-20(6-4-19)34-26-12-14-32-25-9-7-21(30-2)16-24(25)26/h3-17,30H,1-2H3,(H,31,33)(H,32,34)(H,35,36). The zero-order chi connectivity index (χ0) is 24.5. The van der Waals surface area contributed by atoms with Crippen LogP contribution in [0.3, 0.4) is 0 Å². The normalized spacial score (nSPS) is 11.1. The van der Waals surface area contributed by atoms with Crippen LogP contribution in [0, 0.1) is 6.92 Å². The Balaban J connectivity index is 1.24. The summed E-state index contributed by atoms with van der Waals surface area (Å²) >= 11 is 0. The molecule has 0 atom stereocenters. The summed E-state index contributed by atoms with van der Waals surface area (Å²) in [5.74, 6) is 0.835. The molecule has 0 unspecified atom stereocenters. The van der Waals surface area contributed by atoms with Crippen LogP contribution in [-0.4, -0.2) is 27.0 Å². The number of H-pyrrole nitrogens is 1. The van der Waals surface area contributed by atoms with E-state index in [1.165, 1.54) is 0 Å². The average molecular weight is 472 g/mol. The second-order valence-electron chi connectivity index (χ2n) is 8.67. The van der Waals surface area contributed by atoms with Crippen molar-refractivity contribution in [3.05, 3.63) is 97.0 Å². The zero-order valence-corrected chi connectivity index (χ0v) is 20.0. The van der Waals surface area contributed by atoms with E-state index in [2.05, 4.69) is 67.3 Å². The number of fused-ring (bicyclic) bond motifs is 2. The van der Waals surface area contributed by atoms with Gasteiger partial charge in [0.1, 0.15) is 5.82 Å². The maximum Gasteiger partial charge on any atom is 0.138 e. The lowest BCUT2D eigenvalue weighted by Gasteiger charge is -2.11. The van der Waals surface area contributed by atoms with Gasteiger partial charge in [0.2, 0.25) is 0 Å². The van der Waals surface area contributed by atoms with Crippen molar-refractivity contribution < 1.29 is 0 Å². The summed E-state index contributed by atoms with van der Waals surface area (Å²) in [5, 5.41) is 11.2. The highest BCUT2D eigenvalue weighted by molar-refractivity contribution is 5.95. The molecule has 6 rings (SSSR count). The molecular weight excluding hydrogens is 446 g/mol. The Kier molecular flexibility index (Phi) is 5.42. The summed E-state index contributed by atoms with van der Waals surface area (Å²) in [6, 6.07) is 26.5. The Morgan fingerprint density at radius 2 is 1.44 bits per heavy atom. The predicted octanol–water partition coefficient (Wildman–Crippen LogP) is 7.01. The Labute approximate surface area is 208 Å². The first-order valence-electron chi connectivity index (χ1n) is 11.8. The third-order valence-electron chi connectivity index (χ3n) is 6.14. The lowest BCUT2D eigenvalue weighted by molar-refractivity contribution is 1.20. The number of pyridine rings is 2. The molecule has 7 nitrogen and oxygen atoms in total. The van der Waals surface area contributed by atoms with Crippen LogP contribution >= 0.6 is 0 Å². The number of aryl methyl sites for hydroxylation is 1. The molecular formula is C29H25N7. The van der Waals surface area contributed by atoms with Crippen LogP contribution in [0.5, 0.6) is 0 Å². The number of nitrogens with zero attached hydrogens (tertiary/aromatic N) is 3. The number of aromatic nitrogens is 4. The van der Waals surface area contributed by atoms with E-state index in [0.717, 1.165) is 67.5 Å². The van der Waals surface area contributed by atoms with E-state index in [9.17, 15) is 0 Å². The maximum atomic E-state index is 4.83. The monoisotopic (exact) mass is 471 g/mol. The van der Waals surface area contributed by atoms with E-state index in [0.29, 0.717) is 0 Å². The summed E-state index contributed by atoms with van der Waals surface area (Å²) in [4.78, 5) is 17.0. The van der Waals surface area contributed by atoms with E-state index < -0.39 is 0 Å². The largest absolute Gasteiger partial charge is 0.388 e. The van der Waals surface area contributed by atoms with Crippen LogP contribution in [0.15, 0.2) is 91.3 Å². The minimum absolute atomic E-state index is 0.835. The van der Waals surface area contributed by atoms with Crippen LogP contribution < -0.4 is 16.0 Å². The average Bonchev–Trinajstić information content (AvgIpc) is 3.33. The third-order valence-corrected chi connectivity index (χ3v) is 6.14. The molecule has 36 heavy (non-hydrogen) atoms. The second-order valence-corrected chi connectivity index (χ2v) is 8.67. The number of nitrogens with one attached hydrogen (secondary N) is 4. The molecule has 7 heteroatoms. The summed E-state index contributed by atoms with van der Waals surface area (Å²) < 4.78 is 0. The summed E-state index contributed by atoms with van der Waals surface area (Å²) in [7, 11) is 1.92. The number of imidazole rings is 1. The summed E-state index contributed by atoms with van der Waals surface area (Å²) in [6.07, 6.45) is 3.63. The van der Waals surface area contributed by atoms with Crippen LogP contribution in [0.2, 0.25) is 0 Å². The molecule has 0 aliphatic rings. The van der Waals surface area contributed by atoms with Crippen LogP contribution in [0.1, 0.15) is 5.69 Å². The highest BCUT2D eigenvalue weighted by Crippen LogP contribution is 2.29. The molecule has 0 fully saturated rings. The number of aromatic amines is 1. The van der Waals surface area contributed by atoms with Gasteiger partial charge in [-0.25, -0.2) is 4.98 Å². The van der Waals surface area contributed by atoms with E-state index in [-0.39, 0.29) is 0 Å². The first-order chi connectivity index (χ1) is 17.6. The summed E-state index contributed by atoms with van der Waals surface area (Å²) in [5.41, 5.74) is 9.89. The number of anilines is 5. The minimum Gasteiger partial charge on any atom is -0.388 e. The smallest absolute Gasteiger partial charge is 0.138 e. The molecule has 3 heterocycles. The van der Waals surface area contributed by atoms with Crippen molar-refractivity contribution in [3.8, 4) is 11.4 Å². The molecule has 6 aromatic rings. The van der Waals surface area contributed by atoms with Crippen molar-refractivity contribution in [2.24, 2.45) is 0 Å². The fourth-order valence-corrected chi connectivity index (χ4v) is 4.29. The number of rotatable bonds is 6. The number of hydrogen-bond donors (Lipinski definition) is 4. The van der Waals surface area contributed by atoms with Gasteiger partial charge in [0, 0.05) is 64.5 Å². The van der Waals surface area contributed by atoms with Gasteiger partial charge in [0.25, 0.3) is 0 Å². The van der Waals surface area contributed by atoms with E-state index in [1.807, 2.05) is 62.6 Å². The molecule has 0 saturated carbocycles. The molecule has 0 saturated heterocycles. The van der Waals surface area contributed by atoms with Crippen molar-refractivity contribution in [2.75, 3.05) is 23.0 Å². The highest BCUT2D eigenvalue weighted by Gasteiger charge is 2.08. The number of hydrogen-bond acceptors (Lipinski definition) is 6. The van der Waals surface area contributed by atoms with Gasteiger partial charge in [-0.1, -0.05) is 0 Å². The van der Waals surface area contributed by atoms with Crippen molar-refractivity contribution in [3.63, 3.8) is 0 Å². The second kappa shape index (κ2) is 9.03. The Bertz CT molecular complexity index is 1690. The molecule has 0 radical (unpaired) electrons. The zero-order valence-electron chi connectivity index (χ0n) is 20.0. The fraction of sp³-hybridized carbons (Fsp3) is 0.0690. The molecule has 0 spiro atoms. The molecule has 0 bridgehead atoms. The SMILES string of the molecule is CNc1ccc2nccc(Nc3ccc(-c4nc5cc(Nc6ccnc(C)c6)ccc5[nH]4)cc3)c2c1. The van der Waals surface area contributed by atoms with E-state index >= 15 is 0 Å². The predicted molar refractivity (Wildman–Crippen MR) is 148 cm³/mol. The van der Waals surface area contributed by atoms with Crippen molar-refractivity contribution in [2.45, 2.75) is 6.92 Å². The van der Waals surface area contributed by atoms with Gasteiger partial charge in [0.05, 0.1) is 16.6 Å². The maximum absolute atomic E-state index is 4.83. The van der Waals surface area contributed by atoms with E-state index in [4.69, 9.17) is 4.98 Å². The minimum atomic E-state index is 0.835. The van der Waals surface area contributed by atoms with Gasteiger partial charge in [-0.3, -0.25) is 9.97 Å². The van der Waals surface area contributed by atoms with Crippen LogP contribution in [-0.2, 0) is 0 Å². The van der Waals surface area contributed by atoms with Crippen molar-refractivity contribution in [1.82, 2.24) is 19.9 Å². The molecule has 176 valence electrons. The van der Waals surface area contributed by atoms with E-state index in [1.54, 1.807) is 6.20 Å². The summed E-state index contributed by atoms with van der Waals surface area (Å²) in [6.45, 7) is 1.98. The fourth-order valence-electron chi connectivity index (χ4n) is 4.29. The Morgan fingerprint density at radius 1 is 0.667 bits per heavy atom. The molecule has 3 aromatic heterocycles. The number of benzene rings is 3. The Morgan fingerprint density at radius 3 is 2.28 bits per heavy atom. The van der Waals surface area contributed by atoms with Gasteiger partial charge >= 0.3 is 0 Å². The van der Waals surface area contributed by atoms with Gasteiger partial charge in [-0.2, -0.15) is 0 Å². The molecule has 4 N–H and O–H groups in total. The van der Waals surface area contributed by atoms with Gasteiger partial charge in [0.15, 0.2) is 0 Å². The Hall–Kier alpha value is -4.91. The first kappa shape index (κ1) is 21.6.